The topological polar surface area (TPSA) is 34.4 Å². The number of para-hydroxylation sites is 1. The summed E-state index contributed by atoms with van der Waals surface area (Å²) in [6.45, 7) is 1.43. The fraction of sp³-hybridized carbons (Fsp3) is 0.231. The van der Waals surface area contributed by atoms with Crippen LogP contribution in [0.25, 0.3) is 0 Å². The molecule has 0 aliphatic rings. The predicted molar refractivity (Wildman–Crippen MR) is 69.9 cm³/mol. The molecular formula is C13H14BrNO2. The molecule has 0 amide bonds. The van der Waals surface area contributed by atoms with Crippen molar-refractivity contribution < 1.29 is 9.15 Å². The van der Waals surface area contributed by atoms with Crippen LogP contribution in [0.5, 0.6) is 5.75 Å². The van der Waals surface area contributed by atoms with Gasteiger partial charge in [0.25, 0.3) is 0 Å². The molecule has 17 heavy (non-hydrogen) atoms. The number of rotatable bonds is 5. The maximum absolute atomic E-state index is 5.32. The third kappa shape index (κ3) is 3.11. The Balaban J connectivity index is 1.92. The van der Waals surface area contributed by atoms with E-state index in [0.29, 0.717) is 6.54 Å². The number of nitrogens with one attached hydrogen (secondary N) is 1. The van der Waals surface area contributed by atoms with Crippen LogP contribution in [0.3, 0.4) is 0 Å². The van der Waals surface area contributed by atoms with E-state index in [1.165, 1.54) is 0 Å². The second-order valence-corrected chi connectivity index (χ2v) is 4.46. The van der Waals surface area contributed by atoms with Gasteiger partial charge in [-0.15, -0.1) is 0 Å². The molecule has 0 saturated heterocycles. The Morgan fingerprint density at radius 2 is 2.06 bits per heavy atom. The molecule has 1 aromatic heterocycles. The van der Waals surface area contributed by atoms with Gasteiger partial charge < -0.3 is 14.5 Å². The van der Waals surface area contributed by atoms with Gasteiger partial charge in [-0.1, -0.05) is 18.2 Å². The zero-order chi connectivity index (χ0) is 12.1. The first-order valence-electron chi connectivity index (χ1n) is 5.35. The standard InChI is InChI=1S/C13H14BrNO2/c1-16-12-5-3-2-4-10(12)8-15-9-13-11(14)6-7-17-13/h2-7,15H,8-9H2,1H3. The summed E-state index contributed by atoms with van der Waals surface area (Å²) >= 11 is 3.42. The third-order valence-corrected chi connectivity index (χ3v) is 3.19. The van der Waals surface area contributed by atoms with Crippen LogP contribution in [-0.2, 0) is 13.1 Å². The Morgan fingerprint density at radius 1 is 1.24 bits per heavy atom. The van der Waals surface area contributed by atoms with Crippen LogP contribution in [0, 0.1) is 0 Å². The van der Waals surface area contributed by atoms with Gasteiger partial charge >= 0.3 is 0 Å². The van der Waals surface area contributed by atoms with E-state index in [0.717, 1.165) is 28.1 Å². The first-order chi connectivity index (χ1) is 8.31. The van der Waals surface area contributed by atoms with E-state index in [9.17, 15) is 0 Å². The highest BCUT2D eigenvalue weighted by molar-refractivity contribution is 9.10. The summed E-state index contributed by atoms with van der Waals surface area (Å²) in [6, 6.07) is 9.86. The lowest BCUT2D eigenvalue weighted by atomic mass is 10.2. The molecule has 3 nitrogen and oxygen atoms in total. The number of furan rings is 1. The smallest absolute Gasteiger partial charge is 0.131 e. The lowest BCUT2D eigenvalue weighted by molar-refractivity contribution is 0.406. The summed E-state index contributed by atoms with van der Waals surface area (Å²) in [6.07, 6.45) is 1.67. The summed E-state index contributed by atoms with van der Waals surface area (Å²) in [5.74, 6) is 1.80. The van der Waals surface area contributed by atoms with Crippen molar-refractivity contribution in [2.45, 2.75) is 13.1 Å². The molecule has 0 spiro atoms. The first kappa shape index (κ1) is 12.2. The van der Waals surface area contributed by atoms with E-state index < -0.39 is 0 Å². The van der Waals surface area contributed by atoms with Crippen molar-refractivity contribution in [1.82, 2.24) is 5.32 Å². The molecule has 1 N–H and O–H groups in total. The van der Waals surface area contributed by atoms with Crippen molar-refractivity contribution in [2.24, 2.45) is 0 Å². The van der Waals surface area contributed by atoms with Crippen LogP contribution < -0.4 is 10.1 Å². The van der Waals surface area contributed by atoms with Gasteiger partial charge in [0.15, 0.2) is 0 Å². The van der Waals surface area contributed by atoms with Crippen molar-refractivity contribution in [3.8, 4) is 5.75 Å². The first-order valence-corrected chi connectivity index (χ1v) is 6.15. The van der Waals surface area contributed by atoms with E-state index in [-0.39, 0.29) is 0 Å². The maximum atomic E-state index is 5.32. The second kappa shape index (κ2) is 5.89. The van der Waals surface area contributed by atoms with Gasteiger partial charge in [0, 0.05) is 12.1 Å². The molecule has 1 aromatic carbocycles. The quantitative estimate of drug-likeness (QED) is 0.919. The molecule has 0 bridgehead atoms. The highest BCUT2D eigenvalue weighted by Gasteiger charge is 2.04. The monoisotopic (exact) mass is 295 g/mol. The van der Waals surface area contributed by atoms with Gasteiger partial charge in [0.2, 0.25) is 0 Å². The van der Waals surface area contributed by atoms with Crippen LogP contribution in [0.2, 0.25) is 0 Å². The summed E-state index contributed by atoms with van der Waals surface area (Å²) in [5, 5.41) is 3.32. The fourth-order valence-electron chi connectivity index (χ4n) is 1.61. The van der Waals surface area contributed by atoms with Crippen LogP contribution in [0.4, 0.5) is 0 Å². The Hall–Kier alpha value is -1.26. The number of halogens is 1. The SMILES string of the molecule is COc1ccccc1CNCc1occc1Br. The Kier molecular flexibility index (Phi) is 4.23. The summed E-state index contributed by atoms with van der Waals surface area (Å²) in [4.78, 5) is 0. The van der Waals surface area contributed by atoms with E-state index in [4.69, 9.17) is 9.15 Å². The number of ether oxygens (including phenoxy) is 1. The molecular weight excluding hydrogens is 282 g/mol. The normalized spacial score (nSPS) is 10.5. The van der Waals surface area contributed by atoms with E-state index in [1.54, 1.807) is 13.4 Å². The largest absolute Gasteiger partial charge is 0.496 e. The van der Waals surface area contributed by atoms with Crippen molar-refractivity contribution >= 4 is 15.9 Å². The van der Waals surface area contributed by atoms with Gasteiger partial charge in [-0.05, 0) is 28.1 Å². The van der Waals surface area contributed by atoms with Gasteiger partial charge in [-0.2, -0.15) is 0 Å². The zero-order valence-electron chi connectivity index (χ0n) is 9.57. The fourth-order valence-corrected chi connectivity index (χ4v) is 1.95. The highest BCUT2D eigenvalue weighted by atomic mass is 79.9. The number of methoxy groups -OCH3 is 1. The predicted octanol–water partition coefficient (Wildman–Crippen LogP) is 3.34. The molecule has 0 radical (unpaired) electrons. The second-order valence-electron chi connectivity index (χ2n) is 3.61. The van der Waals surface area contributed by atoms with Crippen molar-refractivity contribution in [2.75, 3.05) is 7.11 Å². The van der Waals surface area contributed by atoms with Crippen molar-refractivity contribution in [3.63, 3.8) is 0 Å². The molecule has 2 aromatic rings. The molecule has 4 heteroatoms. The molecule has 0 aliphatic heterocycles. The summed E-state index contributed by atoms with van der Waals surface area (Å²) < 4.78 is 11.6. The van der Waals surface area contributed by atoms with Gasteiger partial charge in [0.05, 0.1) is 24.4 Å². The van der Waals surface area contributed by atoms with Crippen LogP contribution in [0.15, 0.2) is 45.5 Å². The van der Waals surface area contributed by atoms with Crippen molar-refractivity contribution in [3.05, 3.63) is 52.4 Å². The van der Waals surface area contributed by atoms with E-state index in [1.807, 2.05) is 30.3 Å². The Labute approximate surface area is 109 Å². The molecule has 90 valence electrons. The summed E-state index contributed by atoms with van der Waals surface area (Å²) in [7, 11) is 1.68. The number of hydrogen-bond acceptors (Lipinski definition) is 3. The Bertz CT molecular complexity index is 482. The average molecular weight is 296 g/mol. The van der Waals surface area contributed by atoms with Crippen molar-refractivity contribution in [1.29, 1.82) is 0 Å². The van der Waals surface area contributed by atoms with Gasteiger partial charge in [0.1, 0.15) is 11.5 Å². The highest BCUT2D eigenvalue weighted by Crippen LogP contribution is 2.19. The number of hydrogen-bond donors (Lipinski definition) is 1. The van der Waals surface area contributed by atoms with Gasteiger partial charge in [-0.25, -0.2) is 0 Å². The van der Waals surface area contributed by atoms with Crippen LogP contribution >= 0.6 is 15.9 Å². The summed E-state index contributed by atoms with van der Waals surface area (Å²) in [5.41, 5.74) is 1.14. The lowest BCUT2D eigenvalue weighted by Gasteiger charge is -2.08. The molecule has 0 fully saturated rings. The molecule has 1 heterocycles. The minimum atomic E-state index is 0.686. The minimum Gasteiger partial charge on any atom is -0.496 e. The lowest BCUT2D eigenvalue weighted by Crippen LogP contribution is -2.13. The van der Waals surface area contributed by atoms with E-state index in [2.05, 4.69) is 21.2 Å². The van der Waals surface area contributed by atoms with Gasteiger partial charge in [-0.3, -0.25) is 0 Å². The molecule has 0 aliphatic carbocycles. The minimum absolute atomic E-state index is 0.686. The number of benzene rings is 1. The maximum Gasteiger partial charge on any atom is 0.131 e. The third-order valence-electron chi connectivity index (χ3n) is 2.48. The molecule has 0 atom stereocenters. The van der Waals surface area contributed by atoms with Crippen LogP contribution in [0.1, 0.15) is 11.3 Å². The Morgan fingerprint density at radius 3 is 2.76 bits per heavy atom. The zero-order valence-corrected chi connectivity index (χ0v) is 11.2. The molecule has 0 unspecified atom stereocenters. The van der Waals surface area contributed by atoms with Crippen LogP contribution in [-0.4, -0.2) is 7.11 Å². The molecule has 0 saturated carbocycles. The van der Waals surface area contributed by atoms with E-state index >= 15 is 0 Å². The molecule has 2 rings (SSSR count). The average Bonchev–Trinajstić information content (AvgIpc) is 2.76.